The highest BCUT2D eigenvalue weighted by Crippen LogP contribution is 2.29. The van der Waals surface area contributed by atoms with Gasteiger partial charge in [0.25, 0.3) is 0 Å². The van der Waals surface area contributed by atoms with Gasteiger partial charge in [-0.25, -0.2) is 14.6 Å². The van der Waals surface area contributed by atoms with Gasteiger partial charge in [-0.2, -0.15) is 0 Å². The molecule has 1 atom stereocenters. The number of anilines is 1. The normalized spacial score (nSPS) is 11.5. The van der Waals surface area contributed by atoms with Crippen molar-refractivity contribution in [2.45, 2.75) is 32.4 Å². The van der Waals surface area contributed by atoms with Crippen LogP contribution in [-0.4, -0.2) is 42.4 Å². The van der Waals surface area contributed by atoms with Gasteiger partial charge in [-0.1, -0.05) is 78.7 Å². The molecule has 4 aromatic rings. The summed E-state index contributed by atoms with van der Waals surface area (Å²) >= 11 is 12.8. The molecule has 1 aromatic heterocycles. The lowest BCUT2D eigenvalue weighted by molar-refractivity contribution is 0.107. The summed E-state index contributed by atoms with van der Waals surface area (Å²) in [5, 5.41) is 9.60. The number of aromatic amines is 1. The molecule has 0 radical (unpaired) electrons. The molecule has 0 fully saturated rings. The molecule has 0 aliphatic rings. The Hall–Kier alpha value is -4.05. The van der Waals surface area contributed by atoms with Crippen LogP contribution in [-0.2, 0) is 28.9 Å². The van der Waals surface area contributed by atoms with E-state index in [4.69, 9.17) is 37.7 Å². The number of amides is 3. The summed E-state index contributed by atoms with van der Waals surface area (Å²) in [6.45, 7) is 2.86. The van der Waals surface area contributed by atoms with E-state index in [-0.39, 0.29) is 12.6 Å². The predicted molar refractivity (Wildman–Crippen MR) is 165 cm³/mol. The Labute approximate surface area is 254 Å². The summed E-state index contributed by atoms with van der Waals surface area (Å²) in [5.74, 6) is 0.509. The van der Waals surface area contributed by atoms with Gasteiger partial charge in [0.1, 0.15) is 23.3 Å². The SMILES string of the molecule is CCc1ccc(Cl)cc1CNC(=O)N[C@@H](Cc1ccccc1)c1nc(-c2ccc(NC(=O)OCCOC)cc2)c(Cl)[nH]1. The molecule has 0 spiro atoms. The van der Waals surface area contributed by atoms with Crippen LogP contribution in [0.4, 0.5) is 15.3 Å². The van der Waals surface area contributed by atoms with Crippen LogP contribution in [0.1, 0.15) is 35.5 Å². The first-order chi connectivity index (χ1) is 20.4. The average molecular weight is 611 g/mol. The van der Waals surface area contributed by atoms with E-state index in [9.17, 15) is 9.59 Å². The number of aromatic nitrogens is 2. The number of benzene rings is 3. The van der Waals surface area contributed by atoms with Crippen molar-refractivity contribution >= 4 is 41.0 Å². The van der Waals surface area contributed by atoms with Crippen LogP contribution < -0.4 is 16.0 Å². The van der Waals surface area contributed by atoms with E-state index >= 15 is 0 Å². The van der Waals surface area contributed by atoms with Crippen LogP contribution >= 0.6 is 23.2 Å². The molecule has 4 N–H and O–H groups in total. The molecular weight excluding hydrogens is 577 g/mol. The monoisotopic (exact) mass is 609 g/mol. The lowest BCUT2D eigenvalue weighted by atomic mass is 10.1. The Bertz CT molecular complexity index is 1480. The van der Waals surface area contributed by atoms with Gasteiger partial charge in [-0.05, 0) is 53.8 Å². The summed E-state index contributed by atoms with van der Waals surface area (Å²) in [7, 11) is 1.53. The molecule has 0 saturated heterocycles. The van der Waals surface area contributed by atoms with Crippen molar-refractivity contribution in [1.82, 2.24) is 20.6 Å². The number of nitrogens with one attached hydrogen (secondary N) is 4. The molecule has 9 nitrogen and oxygen atoms in total. The average Bonchev–Trinajstić information content (AvgIpc) is 3.38. The van der Waals surface area contributed by atoms with Gasteiger partial charge in [0.2, 0.25) is 0 Å². The highest BCUT2D eigenvalue weighted by atomic mass is 35.5. The van der Waals surface area contributed by atoms with E-state index in [0.717, 1.165) is 28.7 Å². The van der Waals surface area contributed by atoms with Crippen molar-refractivity contribution in [1.29, 1.82) is 0 Å². The second-order valence-corrected chi connectivity index (χ2v) is 10.3. The summed E-state index contributed by atoms with van der Waals surface area (Å²) in [5.41, 5.74) is 4.91. The van der Waals surface area contributed by atoms with Gasteiger partial charge in [-0.15, -0.1) is 0 Å². The smallest absolute Gasteiger partial charge is 0.411 e. The van der Waals surface area contributed by atoms with Gasteiger partial charge in [0.05, 0.1) is 12.6 Å². The molecule has 220 valence electrons. The maximum Gasteiger partial charge on any atom is 0.411 e. The number of ether oxygens (including phenoxy) is 2. The van der Waals surface area contributed by atoms with Gasteiger partial charge in [0, 0.05) is 29.9 Å². The summed E-state index contributed by atoms with van der Waals surface area (Å²) in [6.07, 6.45) is 0.743. The molecule has 11 heteroatoms. The molecule has 0 aliphatic carbocycles. The zero-order valence-electron chi connectivity index (χ0n) is 23.4. The lowest BCUT2D eigenvalue weighted by Crippen LogP contribution is -2.39. The standard InChI is InChI=1S/C31H33Cl2N5O4/c1-3-21-9-12-24(32)18-23(21)19-34-30(39)36-26(17-20-7-5-4-6-8-20)29-37-27(28(33)38-29)22-10-13-25(14-11-22)35-31(40)42-16-15-41-2/h4-14,18,26H,3,15-17,19H2,1-2H3,(H,35,40)(H,37,38)(H2,34,36,39)/t26-/m0/s1. The number of hydrogen-bond acceptors (Lipinski definition) is 5. The predicted octanol–water partition coefficient (Wildman–Crippen LogP) is 6.92. The second-order valence-electron chi connectivity index (χ2n) is 9.45. The molecule has 0 bridgehead atoms. The maximum absolute atomic E-state index is 13.1. The minimum atomic E-state index is -0.575. The van der Waals surface area contributed by atoms with E-state index in [1.807, 2.05) is 48.5 Å². The Morgan fingerprint density at radius 3 is 2.45 bits per heavy atom. The Morgan fingerprint density at radius 2 is 1.74 bits per heavy atom. The van der Waals surface area contributed by atoms with E-state index < -0.39 is 12.1 Å². The van der Waals surface area contributed by atoms with Crippen molar-refractivity contribution in [3.8, 4) is 11.3 Å². The van der Waals surface area contributed by atoms with E-state index in [0.29, 0.717) is 47.0 Å². The quantitative estimate of drug-likeness (QED) is 0.130. The van der Waals surface area contributed by atoms with E-state index in [1.165, 1.54) is 7.11 Å². The fraction of sp³-hybridized carbons (Fsp3) is 0.258. The molecule has 42 heavy (non-hydrogen) atoms. The number of imidazole rings is 1. The number of H-pyrrole nitrogens is 1. The number of carbonyl (C=O) groups is 2. The molecule has 3 amide bonds. The Morgan fingerprint density at radius 1 is 0.976 bits per heavy atom. The second kappa shape index (κ2) is 15.3. The number of halogens is 2. The van der Waals surface area contributed by atoms with Crippen molar-refractivity contribution < 1.29 is 19.1 Å². The van der Waals surface area contributed by atoms with Crippen LogP contribution in [0.2, 0.25) is 10.2 Å². The summed E-state index contributed by atoms with van der Waals surface area (Å²) in [4.78, 5) is 32.9. The van der Waals surface area contributed by atoms with Crippen LogP contribution in [0.3, 0.4) is 0 Å². The first kappa shape index (κ1) is 30.9. The third-order valence-electron chi connectivity index (χ3n) is 6.51. The number of hydrogen-bond donors (Lipinski definition) is 4. The molecule has 1 heterocycles. The van der Waals surface area contributed by atoms with Crippen LogP contribution in [0.25, 0.3) is 11.3 Å². The fourth-order valence-corrected chi connectivity index (χ4v) is 4.81. The first-order valence-corrected chi connectivity index (χ1v) is 14.3. The molecule has 0 unspecified atom stereocenters. The first-order valence-electron chi connectivity index (χ1n) is 13.5. The number of rotatable bonds is 12. The highest BCUT2D eigenvalue weighted by Gasteiger charge is 2.22. The number of nitrogens with zero attached hydrogens (tertiary/aromatic N) is 1. The minimum absolute atomic E-state index is 0.155. The van der Waals surface area contributed by atoms with Crippen LogP contribution in [0, 0.1) is 0 Å². The molecule has 4 rings (SSSR count). The van der Waals surface area contributed by atoms with Crippen LogP contribution in [0.15, 0.2) is 72.8 Å². The number of aryl methyl sites for hydroxylation is 1. The van der Waals surface area contributed by atoms with Crippen LogP contribution in [0.5, 0.6) is 0 Å². The van der Waals surface area contributed by atoms with Gasteiger partial charge in [0.15, 0.2) is 0 Å². The third kappa shape index (κ3) is 8.72. The molecule has 0 saturated carbocycles. The Kier molecular flexibility index (Phi) is 11.2. The van der Waals surface area contributed by atoms with E-state index in [1.54, 1.807) is 24.3 Å². The summed E-state index contributed by atoms with van der Waals surface area (Å²) in [6, 6.07) is 21.7. The van der Waals surface area contributed by atoms with Gasteiger partial charge < -0.3 is 25.1 Å². The van der Waals surface area contributed by atoms with Crippen molar-refractivity contribution in [2.24, 2.45) is 0 Å². The largest absolute Gasteiger partial charge is 0.447 e. The zero-order valence-corrected chi connectivity index (χ0v) is 24.9. The number of carbonyl (C=O) groups excluding carboxylic acids is 2. The van der Waals surface area contributed by atoms with Crippen molar-refractivity contribution in [2.75, 3.05) is 25.6 Å². The Balaban J connectivity index is 1.48. The molecular formula is C31H33Cl2N5O4. The van der Waals surface area contributed by atoms with Gasteiger partial charge in [-0.3, -0.25) is 5.32 Å². The number of urea groups is 1. The summed E-state index contributed by atoms with van der Waals surface area (Å²) < 4.78 is 9.91. The van der Waals surface area contributed by atoms with E-state index in [2.05, 4.69) is 27.9 Å². The van der Waals surface area contributed by atoms with Gasteiger partial charge >= 0.3 is 12.1 Å². The highest BCUT2D eigenvalue weighted by molar-refractivity contribution is 6.32. The number of methoxy groups -OCH3 is 1. The van der Waals surface area contributed by atoms with Crippen molar-refractivity contribution in [3.63, 3.8) is 0 Å². The minimum Gasteiger partial charge on any atom is -0.447 e. The third-order valence-corrected chi connectivity index (χ3v) is 7.02. The fourth-order valence-electron chi connectivity index (χ4n) is 4.36. The topological polar surface area (TPSA) is 117 Å². The lowest BCUT2D eigenvalue weighted by Gasteiger charge is -2.18. The molecule has 0 aliphatic heterocycles. The maximum atomic E-state index is 13.1. The molecule has 3 aromatic carbocycles. The van der Waals surface area contributed by atoms with Crippen molar-refractivity contribution in [3.05, 3.63) is 105 Å². The zero-order chi connectivity index (χ0) is 29.9.